The lowest BCUT2D eigenvalue weighted by atomic mass is 9.97. The smallest absolute Gasteiger partial charge is 0.258 e. The highest BCUT2D eigenvalue weighted by Gasteiger charge is 2.17. The fourth-order valence-corrected chi connectivity index (χ4v) is 4.01. The average molecular weight is 411 g/mol. The summed E-state index contributed by atoms with van der Waals surface area (Å²) in [5.41, 5.74) is 3.93. The molecule has 0 fully saturated rings. The van der Waals surface area contributed by atoms with Gasteiger partial charge in [-0.25, -0.2) is 4.98 Å². The van der Waals surface area contributed by atoms with Crippen LogP contribution in [-0.4, -0.2) is 9.91 Å². The number of hydrogen-bond donors (Lipinski definition) is 0. The maximum atomic E-state index is 11.6. The van der Waals surface area contributed by atoms with E-state index in [0.29, 0.717) is 10.6 Å². The van der Waals surface area contributed by atoms with E-state index in [1.54, 1.807) is 12.1 Å². The molecule has 0 spiro atoms. The molecule has 5 aromatic rings. The second-order valence-corrected chi connectivity index (χ2v) is 7.46. The van der Waals surface area contributed by atoms with Crippen LogP contribution in [0.3, 0.4) is 0 Å². The Bertz CT molecular complexity index is 1430. The van der Waals surface area contributed by atoms with Crippen molar-refractivity contribution in [3.8, 4) is 22.4 Å². The van der Waals surface area contributed by atoms with Gasteiger partial charge in [-0.15, -0.1) is 0 Å². The molecule has 5 heteroatoms. The van der Waals surface area contributed by atoms with Crippen LogP contribution in [-0.2, 0) is 0 Å². The maximum absolute atomic E-state index is 11.6. The lowest BCUT2D eigenvalue weighted by Crippen LogP contribution is -1.93. The first-order valence-electron chi connectivity index (χ1n) is 9.44. The van der Waals surface area contributed by atoms with Gasteiger partial charge >= 0.3 is 0 Å². The standard InChI is InChI=1S/C25H15ClN2O2/c26-18-11-13-19(24(15-18)28(29)30)17-10-12-21-20-8-4-5-9-22(20)25(27-23(21)14-17)16-6-2-1-3-7-16/h1-15H. The predicted octanol–water partition coefficient (Wildman–Crippen LogP) is 7.28. The Kier molecular flexibility index (Phi) is 4.42. The monoisotopic (exact) mass is 410 g/mol. The third kappa shape index (κ3) is 3.08. The quantitative estimate of drug-likeness (QED) is 0.178. The Labute approximate surface area is 177 Å². The summed E-state index contributed by atoms with van der Waals surface area (Å²) in [7, 11) is 0. The molecule has 0 N–H and O–H groups in total. The summed E-state index contributed by atoms with van der Waals surface area (Å²) in [5, 5.41) is 15.1. The number of nitro groups is 1. The molecule has 0 unspecified atom stereocenters. The zero-order valence-corrected chi connectivity index (χ0v) is 16.5. The number of aromatic nitrogens is 1. The van der Waals surface area contributed by atoms with E-state index in [4.69, 9.17) is 16.6 Å². The fourth-order valence-electron chi connectivity index (χ4n) is 3.84. The van der Waals surface area contributed by atoms with E-state index in [2.05, 4.69) is 12.1 Å². The predicted molar refractivity (Wildman–Crippen MR) is 122 cm³/mol. The molecular weight excluding hydrogens is 396 g/mol. The average Bonchev–Trinajstić information content (AvgIpc) is 2.78. The molecule has 0 radical (unpaired) electrons. The zero-order chi connectivity index (χ0) is 20.7. The van der Waals surface area contributed by atoms with E-state index < -0.39 is 4.92 Å². The van der Waals surface area contributed by atoms with Crippen molar-refractivity contribution in [2.45, 2.75) is 0 Å². The molecule has 5 rings (SSSR count). The van der Waals surface area contributed by atoms with Crippen molar-refractivity contribution in [2.24, 2.45) is 0 Å². The van der Waals surface area contributed by atoms with Crippen LogP contribution in [0.15, 0.2) is 91.0 Å². The number of hydrogen-bond acceptors (Lipinski definition) is 3. The minimum absolute atomic E-state index is 0.0223. The Morgan fingerprint density at radius 3 is 2.23 bits per heavy atom. The first-order chi connectivity index (χ1) is 14.6. The largest absolute Gasteiger partial charge is 0.278 e. The van der Waals surface area contributed by atoms with E-state index in [9.17, 15) is 10.1 Å². The number of halogens is 1. The Morgan fingerprint density at radius 1 is 0.733 bits per heavy atom. The van der Waals surface area contributed by atoms with E-state index in [-0.39, 0.29) is 5.69 Å². The molecule has 0 aliphatic rings. The minimum atomic E-state index is -0.408. The van der Waals surface area contributed by atoms with Crippen LogP contribution in [0.5, 0.6) is 0 Å². The normalized spacial score (nSPS) is 11.1. The van der Waals surface area contributed by atoms with E-state index in [0.717, 1.165) is 38.5 Å². The molecular formula is C25H15ClN2O2. The topological polar surface area (TPSA) is 56.0 Å². The SMILES string of the molecule is O=[N+]([O-])c1cc(Cl)ccc1-c1ccc2c(c1)nc(-c1ccccc1)c1ccccc12. The van der Waals surface area contributed by atoms with Crippen LogP contribution in [0.25, 0.3) is 44.1 Å². The second kappa shape index (κ2) is 7.25. The van der Waals surface area contributed by atoms with Gasteiger partial charge in [0.2, 0.25) is 0 Å². The maximum Gasteiger partial charge on any atom is 0.278 e. The summed E-state index contributed by atoms with van der Waals surface area (Å²) >= 11 is 5.98. The van der Waals surface area contributed by atoms with Crippen molar-refractivity contribution in [1.82, 2.24) is 4.98 Å². The van der Waals surface area contributed by atoms with Crippen LogP contribution < -0.4 is 0 Å². The summed E-state index contributed by atoms with van der Waals surface area (Å²) < 4.78 is 0. The van der Waals surface area contributed by atoms with Crippen LogP contribution >= 0.6 is 11.6 Å². The Morgan fingerprint density at radius 2 is 1.47 bits per heavy atom. The molecule has 0 saturated heterocycles. The number of nitrogens with zero attached hydrogens (tertiary/aromatic N) is 2. The van der Waals surface area contributed by atoms with Gasteiger partial charge < -0.3 is 0 Å². The Hall–Kier alpha value is -3.76. The molecule has 144 valence electrons. The van der Waals surface area contributed by atoms with Crippen molar-refractivity contribution >= 4 is 39.0 Å². The van der Waals surface area contributed by atoms with Crippen molar-refractivity contribution in [3.63, 3.8) is 0 Å². The van der Waals surface area contributed by atoms with Gasteiger partial charge in [-0.3, -0.25) is 10.1 Å². The number of pyridine rings is 1. The van der Waals surface area contributed by atoms with Crippen molar-refractivity contribution in [1.29, 1.82) is 0 Å². The molecule has 30 heavy (non-hydrogen) atoms. The molecule has 0 saturated carbocycles. The van der Waals surface area contributed by atoms with Crippen LogP contribution in [0.2, 0.25) is 5.02 Å². The second-order valence-electron chi connectivity index (χ2n) is 7.02. The summed E-state index contributed by atoms with van der Waals surface area (Å²) in [6, 6.07) is 28.7. The first kappa shape index (κ1) is 18.3. The molecule has 4 aromatic carbocycles. The van der Waals surface area contributed by atoms with Gasteiger partial charge in [0.15, 0.2) is 0 Å². The van der Waals surface area contributed by atoms with Gasteiger partial charge in [0.05, 0.1) is 21.7 Å². The van der Waals surface area contributed by atoms with Gasteiger partial charge in [0.25, 0.3) is 5.69 Å². The highest BCUT2D eigenvalue weighted by Crippen LogP contribution is 2.37. The highest BCUT2D eigenvalue weighted by molar-refractivity contribution is 6.31. The van der Waals surface area contributed by atoms with Crippen molar-refractivity contribution in [2.75, 3.05) is 0 Å². The van der Waals surface area contributed by atoms with E-state index in [1.807, 2.05) is 60.7 Å². The number of fused-ring (bicyclic) bond motifs is 3. The summed E-state index contributed by atoms with van der Waals surface area (Å²) in [4.78, 5) is 16.1. The van der Waals surface area contributed by atoms with Crippen molar-refractivity contribution in [3.05, 3.63) is 106 Å². The number of rotatable bonds is 3. The summed E-state index contributed by atoms with van der Waals surface area (Å²) in [6.45, 7) is 0. The van der Waals surface area contributed by atoms with Gasteiger partial charge in [-0.1, -0.05) is 78.3 Å². The summed E-state index contributed by atoms with van der Waals surface area (Å²) in [5.74, 6) is 0. The molecule has 0 amide bonds. The minimum Gasteiger partial charge on any atom is -0.258 e. The zero-order valence-electron chi connectivity index (χ0n) is 15.7. The molecule has 0 aliphatic carbocycles. The molecule has 1 heterocycles. The van der Waals surface area contributed by atoms with E-state index >= 15 is 0 Å². The summed E-state index contributed by atoms with van der Waals surface area (Å²) in [6.07, 6.45) is 0. The molecule has 0 atom stereocenters. The van der Waals surface area contributed by atoms with Gasteiger partial charge in [-0.2, -0.15) is 0 Å². The van der Waals surface area contributed by atoms with Crippen LogP contribution in [0.1, 0.15) is 0 Å². The Balaban J connectivity index is 1.80. The van der Waals surface area contributed by atoms with Crippen LogP contribution in [0, 0.1) is 10.1 Å². The lowest BCUT2D eigenvalue weighted by Gasteiger charge is -2.11. The van der Waals surface area contributed by atoms with Gasteiger partial charge in [0.1, 0.15) is 0 Å². The number of benzene rings is 4. The molecule has 1 aromatic heterocycles. The van der Waals surface area contributed by atoms with Gasteiger partial charge in [0, 0.05) is 27.4 Å². The molecule has 0 aliphatic heterocycles. The number of nitro benzene ring substituents is 1. The third-order valence-electron chi connectivity index (χ3n) is 5.22. The van der Waals surface area contributed by atoms with Gasteiger partial charge in [-0.05, 0) is 29.1 Å². The molecule has 0 bridgehead atoms. The lowest BCUT2D eigenvalue weighted by molar-refractivity contribution is -0.384. The van der Waals surface area contributed by atoms with E-state index in [1.165, 1.54) is 6.07 Å². The third-order valence-corrected chi connectivity index (χ3v) is 5.45. The van der Waals surface area contributed by atoms with Crippen LogP contribution in [0.4, 0.5) is 5.69 Å². The fraction of sp³-hybridized carbons (Fsp3) is 0. The highest BCUT2D eigenvalue weighted by atomic mass is 35.5. The first-order valence-corrected chi connectivity index (χ1v) is 9.82. The van der Waals surface area contributed by atoms with Crippen molar-refractivity contribution < 1.29 is 4.92 Å². The molecule has 4 nitrogen and oxygen atoms in total.